The molecule has 21 heavy (non-hydrogen) atoms. The molecule has 1 fully saturated rings. The minimum atomic E-state index is -0.198. The van der Waals surface area contributed by atoms with Gasteiger partial charge in [0.25, 0.3) is 0 Å². The van der Waals surface area contributed by atoms with Crippen LogP contribution < -0.4 is 5.73 Å². The largest absolute Gasteiger partial charge is 0.326 e. The summed E-state index contributed by atoms with van der Waals surface area (Å²) in [5, 5.41) is 0. The van der Waals surface area contributed by atoms with E-state index in [4.69, 9.17) is 5.73 Å². The van der Waals surface area contributed by atoms with Crippen molar-refractivity contribution in [3.63, 3.8) is 0 Å². The lowest BCUT2D eigenvalue weighted by molar-refractivity contribution is 0.0545. The number of hydrogen-bond acceptors (Lipinski definition) is 2. The van der Waals surface area contributed by atoms with Crippen molar-refractivity contribution >= 4 is 15.9 Å². The predicted octanol–water partition coefficient (Wildman–Crippen LogP) is 4.11. The molecule has 0 aromatic heterocycles. The maximum absolute atomic E-state index is 13.5. The lowest BCUT2D eigenvalue weighted by Crippen LogP contribution is -2.59. The molecule has 0 radical (unpaired) electrons. The van der Waals surface area contributed by atoms with Crippen LogP contribution in [-0.2, 0) is 6.42 Å². The fourth-order valence-corrected chi connectivity index (χ4v) is 3.69. The first kappa shape index (κ1) is 16.9. The van der Waals surface area contributed by atoms with Crippen molar-refractivity contribution < 1.29 is 4.39 Å². The van der Waals surface area contributed by atoms with Crippen molar-refractivity contribution in [2.24, 2.45) is 5.73 Å². The van der Waals surface area contributed by atoms with Gasteiger partial charge >= 0.3 is 0 Å². The number of rotatable bonds is 5. The predicted molar refractivity (Wildman–Crippen MR) is 89.9 cm³/mol. The van der Waals surface area contributed by atoms with Crippen LogP contribution in [0.1, 0.15) is 45.1 Å². The highest BCUT2D eigenvalue weighted by Gasteiger charge is 2.36. The molecule has 1 aromatic rings. The molecule has 1 heterocycles. The average Bonchev–Trinajstić information content (AvgIpc) is 2.51. The molecule has 0 saturated carbocycles. The van der Waals surface area contributed by atoms with Crippen LogP contribution in [0, 0.1) is 5.82 Å². The molecule has 1 aliphatic heterocycles. The van der Waals surface area contributed by atoms with E-state index in [9.17, 15) is 4.39 Å². The molecule has 118 valence electrons. The van der Waals surface area contributed by atoms with Gasteiger partial charge in [-0.3, -0.25) is 4.90 Å². The van der Waals surface area contributed by atoms with Gasteiger partial charge in [-0.1, -0.05) is 29.3 Å². The Balaban J connectivity index is 2.15. The summed E-state index contributed by atoms with van der Waals surface area (Å²) in [4.78, 5) is 2.54. The lowest BCUT2D eigenvalue weighted by atomic mass is 9.83. The number of hydrogen-bond donors (Lipinski definition) is 1. The molecule has 1 saturated heterocycles. The van der Waals surface area contributed by atoms with Crippen LogP contribution in [0.2, 0.25) is 0 Å². The van der Waals surface area contributed by atoms with E-state index in [1.54, 1.807) is 12.1 Å². The number of nitrogens with two attached hydrogens (primary N) is 1. The van der Waals surface area contributed by atoms with Crippen molar-refractivity contribution in [1.82, 2.24) is 4.90 Å². The third kappa shape index (κ3) is 3.85. The molecule has 0 aliphatic carbocycles. The first-order chi connectivity index (χ1) is 9.97. The van der Waals surface area contributed by atoms with Gasteiger partial charge in [-0.15, -0.1) is 0 Å². The molecule has 2 unspecified atom stereocenters. The summed E-state index contributed by atoms with van der Waals surface area (Å²) in [5.41, 5.74) is 7.50. The first-order valence-corrected chi connectivity index (χ1v) is 8.71. The second-order valence-corrected chi connectivity index (χ2v) is 7.16. The van der Waals surface area contributed by atoms with Gasteiger partial charge in [-0.2, -0.15) is 0 Å². The molecule has 0 spiro atoms. The third-order valence-electron chi connectivity index (χ3n) is 5.04. The topological polar surface area (TPSA) is 29.3 Å². The van der Waals surface area contributed by atoms with E-state index in [0.717, 1.165) is 29.5 Å². The van der Waals surface area contributed by atoms with E-state index in [1.807, 2.05) is 0 Å². The highest BCUT2D eigenvalue weighted by Crippen LogP contribution is 2.29. The number of piperidine rings is 1. The lowest BCUT2D eigenvalue weighted by Gasteiger charge is -2.47. The Hall–Kier alpha value is -0.450. The van der Waals surface area contributed by atoms with Crippen molar-refractivity contribution in [3.8, 4) is 0 Å². The summed E-state index contributed by atoms with van der Waals surface area (Å²) >= 11 is 3.51. The maximum Gasteiger partial charge on any atom is 0.123 e. The Morgan fingerprint density at radius 1 is 1.33 bits per heavy atom. The first-order valence-electron chi connectivity index (χ1n) is 7.92. The second-order valence-electron chi connectivity index (χ2n) is 6.30. The Kier molecular flexibility index (Phi) is 5.81. The number of benzene rings is 1. The minimum Gasteiger partial charge on any atom is -0.326 e. The van der Waals surface area contributed by atoms with Crippen molar-refractivity contribution in [2.75, 3.05) is 13.1 Å². The zero-order chi connectivity index (χ0) is 15.5. The van der Waals surface area contributed by atoms with Crippen LogP contribution in [0.15, 0.2) is 22.7 Å². The number of halogens is 2. The van der Waals surface area contributed by atoms with E-state index >= 15 is 0 Å². The van der Waals surface area contributed by atoms with Crippen LogP contribution in [0.25, 0.3) is 0 Å². The molecule has 0 bridgehead atoms. The quantitative estimate of drug-likeness (QED) is 0.859. The Morgan fingerprint density at radius 2 is 2.00 bits per heavy atom. The summed E-state index contributed by atoms with van der Waals surface area (Å²) in [7, 11) is 0. The van der Waals surface area contributed by atoms with Crippen molar-refractivity contribution in [2.45, 2.75) is 57.5 Å². The van der Waals surface area contributed by atoms with Gasteiger partial charge in [-0.25, -0.2) is 4.39 Å². The zero-order valence-corrected chi connectivity index (χ0v) is 14.6. The van der Waals surface area contributed by atoms with E-state index in [0.29, 0.717) is 6.42 Å². The van der Waals surface area contributed by atoms with Gasteiger partial charge in [0.1, 0.15) is 5.82 Å². The van der Waals surface area contributed by atoms with Gasteiger partial charge in [0.05, 0.1) is 0 Å². The molecule has 2 rings (SSSR count). The molecular formula is C17H26BrFN2. The van der Waals surface area contributed by atoms with Gasteiger partial charge in [0.15, 0.2) is 0 Å². The van der Waals surface area contributed by atoms with E-state index in [2.05, 4.69) is 34.7 Å². The van der Waals surface area contributed by atoms with Gasteiger partial charge in [0.2, 0.25) is 0 Å². The molecule has 1 aliphatic rings. The van der Waals surface area contributed by atoms with E-state index in [1.165, 1.54) is 25.3 Å². The van der Waals surface area contributed by atoms with Gasteiger partial charge < -0.3 is 5.73 Å². The molecule has 4 heteroatoms. The number of nitrogens with zero attached hydrogens (tertiary/aromatic N) is 1. The van der Waals surface area contributed by atoms with E-state index < -0.39 is 0 Å². The molecule has 2 nitrogen and oxygen atoms in total. The summed E-state index contributed by atoms with van der Waals surface area (Å²) in [6, 6.07) is 4.83. The molecule has 2 atom stereocenters. The fraction of sp³-hybridized carbons (Fsp3) is 0.647. The monoisotopic (exact) mass is 356 g/mol. The number of likely N-dealkylation sites (tertiary alicyclic amines) is 1. The zero-order valence-electron chi connectivity index (χ0n) is 13.0. The Morgan fingerprint density at radius 3 is 2.62 bits per heavy atom. The van der Waals surface area contributed by atoms with Crippen LogP contribution in [0.5, 0.6) is 0 Å². The van der Waals surface area contributed by atoms with Crippen LogP contribution in [0.3, 0.4) is 0 Å². The Bertz CT molecular complexity index is 474. The highest BCUT2D eigenvalue weighted by atomic mass is 79.9. The summed E-state index contributed by atoms with van der Waals surface area (Å²) in [6.45, 7) is 6.72. The average molecular weight is 357 g/mol. The third-order valence-corrected chi connectivity index (χ3v) is 5.81. The summed E-state index contributed by atoms with van der Waals surface area (Å²) < 4.78 is 14.4. The van der Waals surface area contributed by atoms with Gasteiger partial charge in [-0.05, 0) is 69.5 Å². The minimum absolute atomic E-state index is 0.00120. The van der Waals surface area contributed by atoms with Gasteiger partial charge in [0, 0.05) is 16.1 Å². The van der Waals surface area contributed by atoms with Crippen LogP contribution >= 0.6 is 15.9 Å². The second kappa shape index (κ2) is 7.21. The summed E-state index contributed by atoms with van der Waals surface area (Å²) in [6.07, 6.45) is 5.54. The Labute approximate surface area is 136 Å². The van der Waals surface area contributed by atoms with Crippen LogP contribution in [-0.4, -0.2) is 29.6 Å². The maximum atomic E-state index is 13.5. The SMILES string of the molecule is CCC(C)(C(N)Cc1cc(F)ccc1Br)N1CCCCC1. The smallest absolute Gasteiger partial charge is 0.123 e. The molecule has 0 amide bonds. The highest BCUT2D eigenvalue weighted by molar-refractivity contribution is 9.10. The van der Waals surface area contributed by atoms with Crippen LogP contribution in [0.4, 0.5) is 4.39 Å². The van der Waals surface area contributed by atoms with Crippen molar-refractivity contribution in [1.29, 1.82) is 0 Å². The summed E-state index contributed by atoms with van der Waals surface area (Å²) in [5.74, 6) is -0.198. The van der Waals surface area contributed by atoms with E-state index in [-0.39, 0.29) is 17.4 Å². The standard InChI is InChI=1S/C17H26BrFN2/c1-3-17(2,21-9-5-4-6-10-21)16(20)12-13-11-14(19)7-8-15(13)18/h7-8,11,16H,3-6,9-10,12,20H2,1-2H3. The molecule has 1 aromatic carbocycles. The fourth-order valence-electron chi connectivity index (χ4n) is 3.28. The molecule has 2 N–H and O–H groups in total. The normalized spacial score (nSPS) is 21.0. The van der Waals surface area contributed by atoms with Crippen molar-refractivity contribution in [3.05, 3.63) is 34.1 Å². The molecular weight excluding hydrogens is 331 g/mol.